The summed E-state index contributed by atoms with van der Waals surface area (Å²) in [5.74, 6) is 0.467. The molecular formula is C12H14FN3. The van der Waals surface area contributed by atoms with Gasteiger partial charge in [0.25, 0.3) is 0 Å². The molecule has 2 N–H and O–H groups in total. The quantitative estimate of drug-likeness (QED) is 0.841. The molecule has 16 heavy (non-hydrogen) atoms. The van der Waals surface area contributed by atoms with Crippen LogP contribution in [0.5, 0.6) is 0 Å². The Kier molecular flexibility index (Phi) is 2.75. The second-order valence-electron chi connectivity index (χ2n) is 3.86. The minimum Gasteiger partial charge on any atom is -0.330 e. The van der Waals surface area contributed by atoms with Gasteiger partial charge in [0.15, 0.2) is 0 Å². The van der Waals surface area contributed by atoms with E-state index in [-0.39, 0.29) is 11.9 Å². The van der Waals surface area contributed by atoms with E-state index in [9.17, 15) is 4.39 Å². The fourth-order valence-corrected chi connectivity index (χ4v) is 1.74. The molecule has 2 rings (SSSR count). The lowest BCUT2D eigenvalue weighted by atomic mass is 10.2. The highest BCUT2D eigenvalue weighted by Gasteiger charge is 2.11. The van der Waals surface area contributed by atoms with E-state index in [1.807, 2.05) is 24.6 Å². The second-order valence-corrected chi connectivity index (χ2v) is 3.86. The summed E-state index contributed by atoms with van der Waals surface area (Å²) >= 11 is 0. The first-order valence-corrected chi connectivity index (χ1v) is 5.12. The Morgan fingerprint density at radius 3 is 2.75 bits per heavy atom. The van der Waals surface area contributed by atoms with E-state index < -0.39 is 0 Å². The summed E-state index contributed by atoms with van der Waals surface area (Å²) in [5, 5.41) is 0. The first-order valence-electron chi connectivity index (χ1n) is 5.12. The zero-order chi connectivity index (χ0) is 11.7. The summed E-state index contributed by atoms with van der Waals surface area (Å²) in [6.07, 6.45) is 1.73. The molecule has 0 fully saturated rings. The molecule has 0 aliphatic rings. The Labute approximate surface area is 93.7 Å². The molecule has 1 heterocycles. The van der Waals surface area contributed by atoms with Gasteiger partial charge in [0.2, 0.25) is 0 Å². The molecule has 0 bridgehead atoms. The predicted octanol–water partition coefficient (Wildman–Crippen LogP) is 2.25. The number of benzene rings is 1. The molecule has 1 aromatic carbocycles. The summed E-state index contributed by atoms with van der Waals surface area (Å²) < 4.78 is 15.0. The highest BCUT2D eigenvalue weighted by molar-refractivity contribution is 5.56. The van der Waals surface area contributed by atoms with E-state index in [4.69, 9.17) is 5.73 Å². The van der Waals surface area contributed by atoms with Crippen LogP contribution in [-0.4, -0.2) is 9.55 Å². The molecular weight excluding hydrogens is 205 g/mol. The Balaban J connectivity index is 2.49. The first-order chi connectivity index (χ1) is 7.59. The summed E-state index contributed by atoms with van der Waals surface area (Å²) in [6.45, 7) is 1.90. The fourth-order valence-electron chi connectivity index (χ4n) is 1.74. The van der Waals surface area contributed by atoms with Gasteiger partial charge in [-0.2, -0.15) is 0 Å². The third-order valence-electron chi connectivity index (χ3n) is 2.57. The number of halogens is 1. The Hall–Kier alpha value is -1.68. The van der Waals surface area contributed by atoms with Crippen LogP contribution in [0.4, 0.5) is 4.39 Å². The molecule has 1 aromatic heterocycles. The van der Waals surface area contributed by atoms with E-state index in [0.29, 0.717) is 0 Å². The van der Waals surface area contributed by atoms with Crippen molar-refractivity contribution >= 4 is 0 Å². The molecule has 0 aliphatic heterocycles. The first kappa shape index (κ1) is 10.8. The van der Waals surface area contributed by atoms with E-state index in [1.165, 1.54) is 12.1 Å². The molecule has 0 spiro atoms. The third kappa shape index (κ3) is 1.84. The van der Waals surface area contributed by atoms with Crippen LogP contribution in [0.15, 0.2) is 30.5 Å². The number of nitrogens with two attached hydrogens (primary N) is 1. The molecule has 3 nitrogen and oxygen atoms in total. The van der Waals surface area contributed by atoms with Gasteiger partial charge in [-0.3, -0.25) is 0 Å². The average Bonchev–Trinajstić information content (AvgIpc) is 2.60. The van der Waals surface area contributed by atoms with E-state index >= 15 is 0 Å². The molecule has 0 amide bonds. The fraction of sp³-hybridized carbons (Fsp3) is 0.250. The number of aromatic nitrogens is 2. The number of imidazole rings is 1. The van der Waals surface area contributed by atoms with Crippen LogP contribution >= 0.6 is 0 Å². The van der Waals surface area contributed by atoms with Gasteiger partial charge in [-0.1, -0.05) is 12.1 Å². The maximum atomic E-state index is 13.1. The normalized spacial score (nSPS) is 12.8. The van der Waals surface area contributed by atoms with Gasteiger partial charge >= 0.3 is 0 Å². The van der Waals surface area contributed by atoms with Gasteiger partial charge in [-0.15, -0.1) is 0 Å². The SMILES string of the molecule is CC(N)c1cnc(-c2cccc(F)c2)n1C. The lowest BCUT2D eigenvalue weighted by molar-refractivity contribution is 0.628. The monoisotopic (exact) mass is 219 g/mol. The molecule has 4 heteroatoms. The van der Waals surface area contributed by atoms with Gasteiger partial charge in [0, 0.05) is 18.7 Å². The summed E-state index contributed by atoms with van der Waals surface area (Å²) in [4.78, 5) is 4.26. The minimum absolute atomic E-state index is 0.0835. The molecule has 1 atom stereocenters. The highest BCUT2D eigenvalue weighted by atomic mass is 19.1. The molecule has 1 unspecified atom stereocenters. The Bertz CT molecular complexity index is 503. The Morgan fingerprint density at radius 1 is 1.44 bits per heavy atom. The lowest BCUT2D eigenvalue weighted by Gasteiger charge is -2.08. The van der Waals surface area contributed by atoms with Gasteiger partial charge in [0.1, 0.15) is 11.6 Å². The average molecular weight is 219 g/mol. The van der Waals surface area contributed by atoms with Crippen molar-refractivity contribution < 1.29 is 4.39 Å². The smallest absolute Gasteiger partial charge is 0.139 e. The zero-order valence-electron chi connectivity index (χ0n) is 9.31. The van der Waals surface area contributed by atoms with Crippen LogP contribution in [0.2, 0.25) is 0 Å². The number of nitrogens with zero attached hydrogens (tertiary/aromatic N) is 2. The number of rotatable bonds is 2. The van der Waals surface area contributed by atoms with Crippen LogP contribution in [0.3, 0.4) is 0 Å². The van der Waals surface area contributed by atoms with Crippen LogP contribution in [-0.2, 0) is 7.05 Å². The molecule has 2 aromatic rings. The van der Waals surface area contributed by atoms with Crippen LogP contribution in [0.1, 0.15) is 18.7 Å². The summed E-state index contributed by atoms with van der Waals surface area (Å²) in [5.41, 5.74) is 7.49. The van der Waals surface area contributed by atoms with Crippen LogP contribution in [0, 0.1) is 5.82 Å². The van der Waals surface area contributed by atoms with Crippen LogP contribution < -0.4 is 5.73 Å². The second kappa shape index (κ2) is 4.06. The molecule has 0 aliphatic carbocycles. The predicted molar refractivity (Wildman–Crippen MR) is 61.2 cm³/mol. The van der Waals surface area contributed by atoms with Crippen molar-refractivity contribution in [2.24, 2.45) is 12.8 Å². The molecule has 84 valence electrons. The molecule has 0 saturated heterocycles. The minimum atomic E-state index is -0.261. The van der Waals surface area contributed by atoms with Gasteiger partial charge in [-0.05, 0) is 19.1 Å². The number of hydrogen-bond acceptors (Lipinski definition) is 2. The maximum absolute atomic E-state index is 13.1. The highest BCUT2D eigenvalue weighted by Crippen LogP contribution is 2.21. The molecule has 0 radical (unpaired) electrons. The largest absolute Gasteiger partial charge is 0.330 e. The van der Waals surface area contributed by atoms with Gasteiger partial charge < -0.3 is 10.3 Å². The van der Waals surface area contributed by atoms with Crippen molar-refractivity contribution in [2.45, 2.75) is 13.0 Å². The van der Waals surface area contributed by atoms with Crippen molar-refractivity contribution in [1.29, 1.82) is 0 Å². The third-order valence-corrected chi connectivity index (χ3v) is 2.57. The number of hydrogen-bond donors (Lipinski definition) is 1. The van der Waals surface area contributed by atoms with Crippen LogP contribution in [0.25, 0.3) is 11.4 Å². The zero-order valence-corrected chi connectivity index (χ0v) is 9.31. The summed E-state index contributed by atoms with van der Waals surface area (Å²) in [7, 11) is 1.88. The van der Waals surface area contributed by atoms with Crippen molar-refractivity contribution in [1.82, 2.24) is 9.55 Å². The Morgan fingerprint density at radius 2 is 2.19 bits per heavy atom. The van der Waals surface area contributed by atoms with Gasteiger partial charge in [0.05, 0.1) is 11.9 Å². The standard InChI is InChI=1S/C12H14FN3/c1-8(14)11-7-15-12(16(11)2)9-4-3-5-10(13)6-9/h3-8H,14H2,1-2H3. The maximum Gasteiger partial charge on any atom is 0.139 e. The van der Waals surface area contributed by atoms with E-state index in [1.54, 1.807) is 12.3 Å². The van der Waals surface area contributed by atoms with E-state index in [0.717, 1.165) is 17.1 Å². The van der Waals surface area contributed by atoms with Crippen molar-refractivity contribution in [3.63, 3.8) is 0 Å². The van der Waals surface area contributed by atoms with Gasteiger partial charge in [-0.25, -0.2) is 9.37 Å². The topological polar surface area (TPSA) is 43.8 Å². The van der Waals surface area contributed by atoms with Crippen molar-refractivity contribution in [3.05, 3.63) is 42.0 Å². The summed E-state index contributed by atoms with van der Waals surface area (Å²) in [6, 6.07) is 6.30. The van der Waals surface area contributed by atoms with E-state index in [2.05, 4.69) is 4.98 Å². The van der Waals surface area contributed by atoms with Crippen molar-refractivity contribution in [3.8, 4) is 11.4 Å². The lowest BCUT2D eigenvalue weighted by Crippen LogP contribution is -2.10. The van der Waals surface area contributed by atoms with Crippen molar-refractivity contribution in [2.75, 3.05) is 0 Å². The molecule has 0 saturated carbocycles.